The van der Waals surface area contributed by atoms with Crippen LogP contribution in [0.5, 0.6) is 17.2 Å². The molecule has 2 aliphatic rings. The number of hydrogen-bond acceptors (Lipinski definition) is 6. The third-order valence-electron chi connectivity index (χ3n) is 6.31. The third-order valence-corrected chi connectivity index (χ3v) is 6.31. The first-order chi connectivity index (χ1) is 16.2. The molecule has 0 radical (unpaired) electrons. The van der Waals surface area contributed by atoms with Crippen molar-refractivity contribution in [3.8, 4) is 28.5 Å². The number of aryl methyl sites for hydroxylation is 1. The van der Waals surface area contributed by atoms with Crippen LogP contribution in [0.15, 0.2) is 48.5 Å². The van der Waals surface area contributed by atoms with Crippen LogP contribution in [0.1, 0.15) is 40.0 Å². The van der Waals surface area contributed by atoms with Gasteiger partial charge >= 0.3 is 6.29 Å². The fourth-order valence-electron chi connectivity index (χ4n) is 4.34. The average Bonchev–Trinajstić information content (AvgIpc) is 3.57. The molecule has 0 atom stereocenters. The second kappa shape index (κ2) is 7.90. The molecule has 174 valence electrons. The average molecular weight is 465 g/mol. The Kier molecular flexibility index (Phi) is 5.11. The molecule has 0 saturated heterocycles. The summed E-state index contributed by atoms with van der Waals surface area (Å²) >= 11 is 0. The van der Waals surface area contributed by atoms with E-state index in [0.29, 0.717) is 46.7 Å². The van der Waals surface area contributed by atoms with Gasteiger partial charge in [-0.25, -0.2) is 0 Å². The summed E-state index contributed by atoms with van der Waals surface area (Å²) in [5.74, 6) is 0.378. The van der Waals surface area contributed by atoms with E-state index in [9.17, 15) is 18.4 Å². The van der Waals surface area contributed by atoms with Gasteiger partial charge in [-0.2, -0.15) is 0 Å². The molecule has 2 aromatic carbocycles. The Balaban J connectivity index is 1.42. The molecule has 1 fully saturated rings. The fraction of sp³-hybridized carbons (Fsp3) is 0.269. The molecule has 0 unspecified atom stereocenters. The number of aldehydes is 1. The summed E-state index contributed by atoms with van der Waals surface area (Å²) in [4.78, 5) is 29.4. The van der Waals surface area contributed by atoms with Gasteiger partial charge in [-0.3, -0.25) is 14.6 Å². The second-order valence-corrected chi connectivity index (χ2v) is 8.59. The maximum Gasteiger partial charge on any atom is 0.586 e. The van der Waals surface area contributed by atoms with Crippen molar-refractivity contribution in [3.05, 3.63) is 70.9 Å². The van der Waals surface area contributed by atoms with E-state index in [-0.39, 0.29) is 23.7 Å². The maximum absolute atomic E-state index is 13.4. The fourth-order valence-corrected chi connectivity index (χ4v) is 4.34. The molecular formula is C26H21F2NO5. The van der Waals surface area contributed by atoms with Crippen LogP contribution in [0.25, 0.3) is 11.3 Å². The van der Waals surface area contributed by atoms with Crippen LogP contribution in [0.3, 0.4) is 0 Å². The van der Waals surface area contributed by atoms with Crippen LogP contribution in [0.4, 0.5) is 8.78 Å². The molecule has 0 spiro atoms. The molecule has 0 amide bonds. The number of rotatable bonds is 7. The molecule has 0 N–H and O–H groups in total. The monoisotopic (exact) mass is 465 g/mol. The highest BCUT2D eigenvalue weighted by Crippen LogP contribution is 2.52. The Morgan fingerprint density at radius 3 is 2.56 bits per heavy atom. The van der Waals surface area contributed by atoms with E-state index in [1.54, 1.807) is 30.3 Å². The van der Waals surface area contributed by atoms with Gasteiger partial charge in [-0.05, 0) is 67.3 Å². The van der Waals surface area contributed by atoms with Gasteiger partial charge in [0.1, 0.15) is 17.8 Å². The number of carbonyl (C=O) groups excluding carboxylic acids is 2. The predicted octanol–water partition coefficient (Wildman–Crippen LogP) is 5.04. The van der Waals surface area contributed by atoms with Gasteiger partial charge in [0.2, 0.25) is 0 Å². The third kappa shape index (κ3) is 3.89. The second-order valence-electron chi connectivity index (χ2n) is 8.59. The van der Waals surface area contributed by atoms with Gasteiger partial charge in [0, 0.05) is 23.2 Å². The highest BCUT2D eigenvalue weighted by Gasteiger charge is 2.52. The molecule has 5 rings (SSSR count). The Morgan fingerprint density at radius 2 is 1.85 bits per heavy atom. The molecule has 6 nitrogen and oxygen atoms in total. The smallest absolute Gasteiger partial charge is 0.497 e. The Morgan fingerprint density at radius 1 is 1.09 bits per heavy atom. The topological polar surface area (TPSA) is 74.7 Å². The lowest BCUT2D eigenvalue weighted by atomic mass is 9.88. The lowest BCUT2D eigenvalue weighted by Crippen LogP contribution is -2.26. The molecule has 2 heterocycles. The minimum Gasteiger partial charge on any atom is -0.497 e. The summed E-state index contributed by atoms with van der Waals surface area (Å²) in [6.45, 7) is 1.90. The van der Waals surface area contributed by atoms with E-state index in [2.05, 4.69) is 9.47 Å². The van der Waals surface area contributed by atoms with E-state index >= 15 is 0 Å². The zero-order chi connectivity index (χ0) is 24.1. The van der Waals surface area contributed by atoms with Crippen LogP contribution in [0.2, 0.25) is 0 Å². The number of ether oxygens (including phenoxy) is 3. The van der Waals surface area contributed by atoms with Crippen molar-refractivity contribution < 1.29 is 32.6 Å². The molecule has 1 aliphatic heterocycles. The van der Waals surface area contributed by atoms with Crippen molar-refractivity contribution in [2.45, 2.75) is 37.9 Å². The van der Waals surface area contributed by atoms with Crippen LogP contribution < -0.4 is 14.2 Å². The van der Waals surface area contributed by atoms with Crippen molar-refractivity contribution >= 4 is 12.1 Å². The highest BCUT2D eigenvalue weighted by molar-refractivity contribution is 5.94. The number of carbonyl (C=O) groups is 2. The van der Waals surface area contributed by atoms with Crippen LogP contribution in [0, 0.1) is 6.92 Å². The first kappa shape index (κ1) is 22.0. The number of benzene rings is 2. The number of nitrogens with zero attached hydrogens (tertiary/aromatic N) is 1. The summed E-state index contributed by atoms with van der Waals surface area (Å²) in [6, 6.07) is 13.3. The van der Waals surface area contributed by atoms with Crippen LogP contribution in [-0.4, -0.2) is 30.5 Å². The quantitative estimate of drug-likeness (QED) is 0.455. The molecule has 1 aliphatic carbocycles. The van der Waals surface area contributed by atoms with Gasteiger partial charge in [0.05, 0.1) is 18.2 Å². The number of aromatic nitrogens is 1. The summed E-state index contributed by atoms with van der Waals surface area (Å²) in [5, 5.41) is 0. The van der Waals surface area contributed by atoms with E-state index < -0.39 is 11.7 Å². The maximum atomic E-state index is 13.4. The van der Waals surface area contributed by atoms with Crippen LogP contribution in [-0.2, 0) is 16.6 Å². The van der Waals surface area contributed by atoms with Gasteiger partial charge in [0.15, 0.2) is 11.5 Å². The predicted molar refractivity (Wildman–Crippen MR) is 119 cm³/mol. The lowest BCUT2D eigenvalue weighted by molar-refractivity contribution is -0.286. The molecule has 8 heteroatoms. The van der Waals surface area contributed by atoms with E-state index in [1.165, 1.54) is 19.2 Å². The Labute approximate surface area is 194 Å². The Hall–Kier alpha value is -3.81. The lowest BCUT2D eigenvalue weighted by Gasteiger charge is -2.16. The SMILES string of the molecule is COc1cc(C=O)cc(-c2nc(CC(=O)C3(c4ccc5c(c4)OC(F)(F)O5)CC3)ccc2C)c1. The minimum atomic E-state index is -3.70. The van der Waals surface area contributed by atoms with Crippen molar-refractivity contribution in [2.75, 3.05) is 7.11 Å². The number of fused-ring (bicyclic) bond motifs is 1. The zero-order valence-corrected chi connectivity index (χ0v) is 18.6. The number of methoxy groups -OCH3 is 1. The molecule has 3 aromatic rings. The number of pyridine rings is 1. The van der Waals surface area contributed by atoms with Crippen molar-refractivity contribution in [3.63, 3.8) is 0 Å². The number of hydrogen-bond donors (Lipinski definition) is 0. The molecular weight excluding hydrogens is 444 g/mol. The number of halogens is 2. The highest BCUT2D eigenvalue weighted by atomic mass is 19.3. The van der Waals surface area contributed by atoms with E-state index in [0.717, 1.165) is 11.8 Å². The first-order valence-corrected chi connectivity index (χ1v) is 10.8. The van der Waals surface area contributed by atoms with Gasteiger partial charge in [-0.1, -0.05) is 12.1 Å². The molecule has 0 bridgehead atoms. The number of alkyl halides is 2. The molecule has 1 saturated carbocycles. The van der Waals surface area contributed by atoms with Gasteiger partial charge < -0.3 is 14.2 Å². The summed E-state index contributed by atoms with van der Waals surface area (Å²) in [5.41, 5.74) is 3.19. The molecule has 34 heavy (non-hydrogen) atoms. The minimum absolute atomic E-state index is 0.0420. The van der Waals surface area contributed by atoms with Crippen molar-refractivity contribution in [2.24, 2.45) is 0 Å². The van der Waals surface area contributed by atoms with E-state index in [1.807, 2.05) is 13.0 Å². The molecule has 1 aromatic heterocycles. The van der Waals surface area contributed by atoms with E-state index in [4.69, 9.17) is 9.72 Å². The number of Topliss-reactive ketones (excluding diaryl/α,β-unsaturated/α-hetero) is 1. The standard InChI is InChI=1S/C26H21F2NO5/c1-15-3-5-19(29-24(15)17-9-16(14-30)10-20(11-17)32-2)13-23(31)25(7-8-25)18-4-6-21-22(12-18)34-26(27,28)33-21/h3-6,9-12,14H,7-8,13H2,1-2H3. The Bertz CT molecular complexity index is 1320. The first-order valence-electron chi connectivity index (χ1n) is 10.8. The number of ketones is 1. The van der Waals surface area contributed by atoms with Crippen molar-refractivity contribution in [1.29, 1.82) is 0 Å². The summed E-state index contributed by atoms with van der Waals surface area (Å²) < 4.78 is 41.1. The van der Waals surface area contributed by atoms with Gasteiger partial charge in [-0.15, -0.1) is 8.78 Å². The summed E-state index contributed by atoms with van der Waals surface area (Å²) in [7, 11) is 1.52. The van der Waals surface area contributed by atoms with Crippen LogP contribution >= 0.6 is 0 Å². The largest absolute Gasteiger partial charge is 0.586 e. The zero-order valence-electron chi connectivity index (χ0n) is 18.6. The van der Waals surface area contributed by atoms with Crippen molar-refractivity contribution in [1.82, 2.24) is 4.98 Å². The van der Waals surface area contributed by atoms with Gasteiger partial charge in [0.25, 0.3) is 0 Å². The summed E-state index contributed by atoms with van der Waals surface area (Å²) in [6.07, 6.45) is -1.62. The normalized spacial score (nSPS) is 16.7.